The molecule has 0 aromatic heterocycles. The summed E-state index contributed by atoms with van der Waals surface area (Å²) in [5.41, 5.74) is 1.03. The zero-order chi connectivity index (χ0) is 15.1. The lowest BCUT2D eigenvalue weighted by Crippen LogP contribution is -2.43. The van der Waals surface area contributed by atoms with Gasteiger partial charge < -0.3 is 15.2 Å². The zero-order valence-electron chi connectivity index (χ0n) is 12.1. The fourth-order valence-corrected chi connectivity index (χ4v) is 1.78. The quantitative estimate of drug-likeness (QED) is 0.800. The lowest BCUT2D eigenvalue weighted by atomic mass is 10.0. The largest absolute Gasteiger partial charge is 0.484 e. The number of aliphatic carboxylic acids is 1. The van der Waals surface area contributed by atoms with Crippen molar-refractivity contribution in [2.24, 2.45) is 5.92 Å². The van der Waals surface area contributed by atoms with Gasteiger partial charge in [-0.15, -0.1) is 0 Å². The van der Waals surface area contributed by atoms with Crippen LogP contribution in [0, 0.1) is 12.8 Å². The molecule has 1 aromatic carbocycles. The van der Waals surface area contributed by atoms with Crippen molar-refractivity contribution in [1.29, 1.82) is 0 Å². The average Bonchev–Trinajstić information content (AvgIpc) is 2.35. The number of carboxylic acids is 1. The summed E-state index contributed by atoms with van der Waals surface area (Å²) in [5, 5.41) is 11.5. The van der Waals surface area contributed by atoms with Gasteiger partial charge in [0.05, 0.1) is 0 Å². The molecule has 5 heteroatoms. The molecule has 0 unspecified atom stereocenters. The Morgan fingerprint density at radius 3 is 2.60 bits per heavy atom. The first-order chi connectivity index (χ1) is 9.38. The van der Waals surface area contributed by atoms with Gasteiger partial charge in [-0.25, -0.2) is 4.79 Å². The summed E-state index contributed by atoms with van der Waals surface area (Å²) in [5.74, 6) is -0.674. The number of hydrogen-bond donors (Lipinski definition) is 2. The SMILES string of the molecule is Cc1cccc(OCC(=O)N[C@H](CC(C)C)C(=O)O)c1. The Balaban J connectivity index is 2.47. The van der Waals surface area contributed by atoms with Crippen molar-refractivity contribution in [1.82, 2.24) is 5.32 Å². The zero-order valence-corrected chi connectivity index (χ0v) is 12.1. The Morgan fingerprint density at radius 1 is 1.35 bits per heavy atom. The van der Waals surface area contributed by atoms with Crippen molar-refractivity contribution in [3.8, 4) is 5.75 Å². The minimum absolute atomic E-state index is 0.189. The second kappa shape index (κ2) is 7.53. The molecule has 0 saturated heterocycles. The van der Waals surface area contributed by atoms with E-state index in [1.165, 1.54) is 0 Å². The van der Waals surface area contributed by atoms with Gasteiger partial charge in [0.1, 0.15) is 11.8 Å². The molecular formula is C15H21NO4. The molecule has 0 aliphatic heterocycles. The number of nitrogens with one attached hydrogen (secondary N) is 1. The van der Waals surface area contributed by atoms with Gasteiger partial charge in [0.25, 0.3) is 5.91 Å². The van der Waals surface area contributed by atoms with Crippen LogP contribution < -0.4 is 10.1 Å². The third kappa shape index (κ3) is 5.73. The van der Waals surface area contributed by atoms with Gasteiger partial charge in [-0.1, -0.05) is 26.0 Å². The monoisotopic (exact) mass is 279 g/mol. The lowest BCUT2D eigenvalue weighted by molar-refractivity contribution is -0.142. The first-order valence-corrected chi connectivity index (χ1v) is 6.60. The Morgan fingerprint density at radius 2 is 2.05 bits per heavy atom. The molecule has 0 aliphatic carbocycles. The van der Waals surface area contributed by atoms with Gasteiger partial charge in [-0.2, -0.15) is 0 Å². The Hall–Kier alpha value is -2.04. The summed E-state index contributed by atoms with van der Waals surface area (Å²) >= 11 is 0. The molecule has 5 nitrogen and oxygen atoms in total. The Labute approximate surface area is 118 Å². The topological polar surface area (TPSA) is 75.6 Å². The molecule has 1 atom stereocenters. The average molecular weight is 279 g/mol. The molecule has 0 heterocycles. The molecule has 0 aliphatic rings. The summed E-state index contributed by atoms with van der Waals surface area (Å²) in [6.45, 7) is 5.55. The van der Waals surface area contributed by atoms with E-state index in [1.54, 1.807) is 6.07 Å². The second-order valence-electron chi connectivity index (χ2n) is 5.19. The van der Waals surface area contributed by atoms with E-state index >= 15 is 0 Å². The van der Waals surface area contributed by atoms with Crippen LogP contribution in [0.2, 0.25) is 0 Å². The molecule has 0 radical (unpaired) electrons. The molecule has 0 bridgehead atoms. The molecule has 110 valence electrons. The van der Waals surface area contributed by atoms with Crippen LogP contribution in [0.5, 0.6) is 5.75 Å². The van der Waals surface area contributed by atoms with Crippen molar-refractivity contribution >= 4 is 11.9 Å². The summed E-state index contributed by atoms with van der Waals surface area (Å²) in [6.07, 6.45) is 0.394. The van der Waals surface area contributed by atoms with E-state index in [0.29, 0.717) is 12.2 Å². The van der Waals surface area contributed by atoms with Crippen LogP contribution >= 0.6 is 0 Å². The third-order valence-electron chi connectivity index (χ3n) is 2.70. The Kier molecular flexibility index (Phi) is 6.03. The van der Waals surface area contributed by atoms with Crippen LogP contribution in [0.4, 0.5) is 0 Å². The number of ether oxygens (including phenoxy) is 1. The fraction of sp³-hybridized carbons (Fsp3) is 0.467. The van der Waals surface area contributed by atoms with Gasteiger partial charge >= 0.3 is 5.97 Å². The molecule has 0 fully saturated rings. The van der Waals surface area contributed by atoms with Gasteiger partial charge in [-0.05, 0) is 37.0 Å². The lowest BCUT2D eigenvalue weighted by Gasteiger charge is -2.16. The van der Waals surface area contributed by atoms with Crippen molar-refractivity contribution < 1.29 is 19.4 Å². The molecule has 1 aromatic rings. The van der Waals surface area contributed by atoms with Crippen molar-refractivity contribution in [3.63, 3.8) is 0 Å². The molecule has 2 N–H and O–H groups in total. The summed E-state index contributed by atoms with van der Waals surface area (Å²) in [6, 6.07) is 6.46. The highest BCUT2D eigenvalue weighted by atomic mass is 16.5. The van der Waals surface area contributed by atoms with Crippen LogP contribution in [-0.2, 0) is 9.59 Å². The van der Waals surface area contributed by atoms with Gasteiger partial charge in [0.2, 0.25) is 0 Å². The van der Waals surface area contributed by atoms with Crippen LogP contribution in [0.25, 0.3) is 0 Å². The normalized spacial score (nSPS) is 12.0. The maximum atomic E-state index is 11.7. The number of hydrogen-bond acceptors (Lipinski definition) is 3. The minimum Gasteiger partial charge on any atom is -0.484 e. The fourth-order valence-electron chi connectivity index (χ4n) is 1.78. The van der Waals surface area contributed by atoms with E-state index in [2.05, 4.69) is 5.32 Å². The number of carbonyl (C=O) groups is 2. The first-order valence-electron chi connectivity index (χ1n) is 6.60. The third-order valence-corrected chi connectivity index (χ3v) is 2.70. The van der Waals surface area contributed by atoms with E-state index < -0.39 is 17.9 Å². The van der Waals surface area contributed by atoms with Crippen molar-refractivity contribution in [2.45, 2.75) is 33.2 Å². The van der Waals surface area contributed by atoms with Gasteiger partial charge in [0.15, 0.2) is 6.61 Å². The highest BCUT2D eigenvalue weighted by Gasteiger charge is 2.21. The van der Waals surface area contributed by atoms with Crippen molar-refractivity contribution in [3.05, 3.63) is 29.8 Å². The summed E-state index contributed by atoms with van der Waals surface area (Å²) in [4.78, 5) is 22.7. The highest BCUT2D eigenvalue weighted by molar-refractivity contribution is 5.84. The number of carboxylic acid groups (broad SMARTS) is 1. The number of benzene rings is 1. The molecule has 0 saturated carbocycles. The van der Waals surface area contributed by atoms with E-state index in [0.717, 1.165) is 5.56 Å². The van der Waals surface area contributed by atoms with E-state index in [1.807, 2.05) is 39.0 Å². The Bertz CT molecular complexity index is 471. The maximum Gasteiger partial charge on any atom is 0.326 e. The van der Waals surface area contributed by atoms with Crippen molar-refractivity contribution in [2.75, 3.05) is 6.61 Å². The predicted octanol–water partition coefficient (Wildman–Crippen LogP) is 1.99. The van der Waals surface area contributed by atoms with E-state index in [4.69, 9.17) is 9.84 Å². The van der Waals surface area contributed by atoms with E-state index in [9.17, 15) is 9.59 Å². The molecule has 1 rings (SSSR count). The van der Waals surface area contributed by atoms with Crippen LogP contribution in [0.15, 0.2) is 24.3 Å². The summed E-state index contributed by atoms with van der Waals surface area (Å²) in [7, 11) is 0. The highest BCUT2D eigenvalue weighted by Crippen LogP contribution is 2.12. The predicted molar refractivity (Wildman–Crippen MR) is 75.7 cm³/mol. The molecule has 0 spiro atoms. The van der Waals surface area contributed by atoms with Crippen LogP contribution in [-0.4, -0.2) is 29.6 Å². The standard InChI is InChI=1S/C15H21NO4/c1-10(2)7-13(15(18)19)16-14(17)9-20-12-6-4-5-11(3)8-12/h4-6,8,10,13H,7,9H2,1-3H3,(H,16,17)(H,18,19)/t13-/m1/s1. The summed E-state index contributed by atoms with van der Waals surface area (Å²) < 4.78 is 5.33. The maximum absolute atomic E-state index is 11.7. The first kappa shape index (κ1) is 16.0. The number of rotatable bonds is 7. The van der Waals surface area contributed by atoms with Gasteiger partial charge in [0, 0.05) is 0 Å². The van der Waals surface area contributed by atoms with E-state index in [-0.39, 0.29) is 12.5 Å². The van der Waals surface area contributed by atoms with Crippen LogP contribution in [0.3, 0.4) is 0 Å². The number of amides is 1. The molecular weight excluding hydrogens is 258 g/mol. The van der Waals surface area contributed by atoms with Crippen LogP contribution in [0.1, 0.15) is 25.8 Å². The smallest absolute Gasteiger partial charge is 0.326 e. The molecule has 20 heavy (non-hydrogen) atoms. The number of carbonyl (C=O) groups excluding carboxylic acids is 1. The minimum atomic E-state index is -1.03. The molecule has 1 amide bonds. The number of aryl methyl sites for hydroxylation is 1. The second-order valence-corrected chi connectivity index (χ2v) is 5.19. The van der Waals surface area contributed by atoms with Gasteiger partial charge in [-0.3, -0.25) is 4.79 Å².